The van der Waals surface area contributed by atoms with Crippen LogP contribution in [0, 0.1) is 5.92 Å². The second-order valence-electron chi connectivity index (χ2n) is 4.27. The Balaban J connectivity index is 1.82. The van der Waals surface area contributed by atoms with Crippen molar-refractivity contribution >= 4 is 5.91 Å². The first-order chi connectivity index (χ1) is 7.79. The van der Waals surface area contributed by atoms with Gasteiger partial charge in [0.1, 0.15) is 0 Å². The van der Waals surface area contributed by atoms with E-state index in [1.165, 1.54) is 0 Å². The van der Waals surface area contributed by atoms with Crippen molar-refractivity contribution in [2.75, 3.05) is 19.7 Å². The van der Waals surface area contributed by atoms with Crippen LogP contribution in [0.25, 0.3) is 0 Å². The van der Waals surface area contributed by atoms with Gasteiger partial charge in [0, 0.05) is 31.6 Å². The van der Waals surface area contributed by atoms with Gasteiger partial charge in [0.15, 0.2) is 0 Å². The molecule has 1 aliphatic rings. The molecule has 1 aromatic rings. The van der Waals surface area contributed by atoms with Crippen molar-refractivity contribution in [3.8, 4) is 0 Å². The van der Waals surface area contributed by atoms with E-state index in [1.54, 1.807) is 6.20 Å². The maximum Gasteiger partial charge on any atom is 0.228 e. The third-order valence-corrected chi connectivity index (χ3v) is 3.13. The highest BCUT2D eigenvalue weighted by Crippen LogP contribution is 2.16. The van der Waals surface area contributed by atoms with E-state index in [-0.39, 0.29) is 12.5 Å². The van der Waals surface area contributed by atoms with Crippen LogP contribution in [0.3, 0.4) is 0 Å². The number of rotatable bonds is 3. The molecule has 1 aliphatic heterocycles. The zero-order valence-electron chi connectivity index (χ0n) is 9.22. The number of aromatic nitrogens is 2. The summed E-state index contributed by atoms with van der Waals surface area (Å²) in [6.07, 6.45) is 3.86. The van der Waals surface area contributed by atoms with E-state index in [0.717, 1.165) is 31.6 Å². The molecular formula is C11H17N3O2. The number of nitrogens with zero attached hydrogens (tertiary/aromatic N) is 2. The van der Waals surface area contributed by atoms with Crippen LogP contribution < -0.4 is 0 Å². The van der Waals surface area contributed by atoms with E-state index in [2.05, 4.69) is 10.2 Å². The van der Waals surface area contributed by atoms with Crippen LogP contribution in [-0.4, -0.2) is 45.8 Å². The molecule has 1 aromatic heterocycles. The van der Waals surface area contributed by atoms with Gasteiger partial charge in [-0.1, -0.05) is 0 Å². The number of nitrogens with one attached hydrogen (secondary N) is 1. The molecule has 5 heteroatoms. The summed E-state index contributed by atoms with van der Waals surface area (Å²) in [5.74, 6) is 0.511. The third kappa shape index (κ3) is 2.61. The van der Waals surface area contributed by atoms with Crippen LogP contribution in [0.1, 0.15) is 18.5 Å². The van der Waals surface area contributed by atoms with Crippen molar-refractivity contribution in [1.29, 1.82) is 0 Å². The lowest BCUT2D eigenvalue weighted by atomic mass is 9.97. The summed E-state index contributed by atoms with van der Waals surface area (Å²) < 4.78 is 0. The molecule has 1 saturated heterocycles. The molecule has 2 heterocycles. The molecule has 2 N–H and O–H groups in total. The molecule has 88 valence electrons. The standard InChI is InChI=1S/C11H17N3O2/c15-8-9-2-5-14(6-3-9)11(16)7-10-1-4-12-13-10/h1,4,9,15H,2-3,5-8H2,(H,12,13). The van der Waals surface area contributed by atoms with Crippen molar-refractivity contribution in [1.82, 2.24) is 15.1 Å². The Kier molecular flexibility index (Phi) is 3.56. The van der Waals surface area contributed by atoms with E-state index in [1.807, 2.05) is 11.0 Å². The summed E-state index contributed by atoms with van der Waals surface area (Å²) >= 11 is 0. The molecule has 0 atom stereocenters. The first-order valence-electron chi connectivity index (χ1n) is 5.66. The average Bonchev–Trinajstić information content (AvgIpc) is 2.82. The molecule has 0 saturated carbocycles. The lowest BCUT2D eigenvalue weighted by molar-refractivity contribution is -0.132. The zero-order valence-corrected chi connectivity index (χ0v) is 9.22. The van der Waals surface area contributed by atoms with Crippen LogP contribution in [0.15, 0.2) is 12.3 Å². The van der Waals surface area contributed by atoms with E-state index in [4.69, 9.17) is 5.11 Å². The number of H-pyrrole nitrogens is 1. The van der Waals surface area contributed by atoms with E-state index >= 15 is 0 Å². The van der Waals surface area contributed by atoms with Gasteiger partial charge in [-0.05, 0) is 24.8 Å². The number of aliphatic hydroxyl groups excluding tert-OH is 1. The van der Waals surface area contributed by atoms with Gasteiger partial charge in [0.2, 0.25) is 5.91 Å². The number of hydrogen-bond donors (Lipinski definition) is 2. The molecule has 16 heavy (non-hydrogen) atoms. The van der Waals surface area contributed by atoms with Gasteiger partial charge in [-0.2, -0.15) is 5.10 Å². The SMILES string of the molecule is O=C(Cc1ccn[nH]1)N1CCC(CO)CC1. The smallest absolute Gasteiger partial charge is 0.228 e. The molecule has 2 rings (SSSR count). The summed E-state index contributed by atoms with van der Waals surface area (Å²) in [7, 11) is 0. The molecule has 5 nitrogen and oxygen atoms in total. The van der Waals surface area contributed by atoms with Crippen molar-refractivity contribution in [3.05, 3.63) is 18.0 Å². The summed E-state index contributed by atoms with van der Waals surface area (Å²) in [6.45, 7) is 1.76. The molecule has 0 bridgehead atoms. The van der Waals surface area contributed by atoms with Crippen molar-refractivity contribution in [2.45, 2.75) is 19.3 Å². The van der Waals surface area contributed by atoms with Crippen LogP contribution in [0.5, 0.6) is 0 Å². The normalized spacial score (nSPS) is 17.7. The Hall–Kier alpha value is -1.36. The summed E-state index contributed by atoms with van der Waals surface area (Å²) in [6, 6.07) is 1.82. The second-order valence-corrected chi connectivity index (χ2v) is 4.27. The predicted octanol–water partition coefficient (Wildman–Crippen LogP) is 0.183. The van der Waals surface area contributed by atoms with E-state index < -0.39 is 0 Å². The molecule has 0 radical (unpaired) electrons. The molecule has 0 aromatic carbocycles. The fraction of sp³-hybridized carbons (Fsp3) is 0.636. The largest absolute Gasteiger partial charge is 0.396 e. The first-order valence-corrected chi connectivity index (χ1v) is 5.66. The number of aromatic amines is 1. The van der Waals surface area contributed by atoms with Crippen molar-refractivity contribution in [3.63, 3.8) is 0 Å². The van der Waals surface area contributed by atoms with Gasteiger partial charge >= 0.3 is 0 Å². The van der Waals surface area contributed by atoms with Gasteiger partial charge in [-0.3, -0.25) is 9.89 Å². The Bertz CT molecular complexity index is 329. The fourth-order valence-corrected chi connectivity index (χ4v) is 2.02. The monoisotopic (exact) mass is 223 g/mol. The molecule has 0 aliphatic carbocycles. The average molecular weight is 223 g/mol. The number of carbonyl (C=O) groups is 1. The Morgan fingerprint density at radius 2 is 2.31 bits per heavy atom. The number of piperidine rings is 1. The van der Waals surface area contributed by atoms with Gasteiger partial charge in [0.05, 0.1) is 6.42 Å². The zero-order chi connectivity index (χ0) is 11.4. The van der Waals surface area contributed by atoms with Crippen LogP contribution in [0.4, 0.5) is 0 Å². The molecule has 1 fully saturated rings. The van der Waals surface area contributed by atoms with Crippen LogP contribution >= 0.6 is 0 Å². The highest BCUT2D eigenvalue weighted by molar-refractivity contribution is 5.78. The van der Waals surface area contributed by atoms with Gasteiger partial charge in [-0.15, -0.1) is 0 Å². The molecule has 0 spiro atoms. The minimum absolute atomic E-state index is 0.139. The summed E-state index contributed by atoms with van der Waals surface area (Å²) in [4.78, 5) is 13.7. The highest BCUT2D eigenvalue weighted by Gasteiger charge is 2.22. The Morgan fingerprint density at radius 1 is 1.56 bits per heavy atom. The number of aliphatic hydroxyl groups is 1. The lowest BCUT2D eigenvalue weighted by Gasteiger charge is -2.31. The second kappa shape index (κ2) is 5.12. The number of carbonyl (C=O) groups excluding carboxylic acids is 1. The first kappa shape index (κ1) is 11.1. The van der Waals surface area contributed by atoms with E-state index in [9.17, 15) is 4.79 Å². The van der Waals surface area contributed by atoms with Crippen molar-refractivity contribution < 1.29 is 9.90 Å². The minimum atomic E-state index is 0.139. The number of amides is 1. The minimum Gasteiger partial charge on any atom is -0.396 e. The maximum absolute atomic E-state index is 11.9. The summed E-state index contributed by atoms with van der Waals surface area (Å²) in [5.41, 5.74) is 0.856. The fourth-order valence-electron chi connectivity index (χ4n) is 2.02. The lowest BCUT2D eigenvalue weighted by Crippen LogP contribution is -2.40. The summed E-state index contributed by atoms with van der Waals surface area (Å²) in [5, 5.41) is 15.6. The third-order valence-electron chi connectivity index (χ3n) is 3.13. The maximum atomic E-state index is 11.9. The molecular weight excluding hydrogens is 206 g/mol. The molecule has 0 unspecified atom stereocenters. The Labute approximate surface area is 94.5 Å². The van der Waals surface area contributed by atoms with Crippen molar-refractivity contribution in [2.24, 2.45) is 5.92 Å². The predicted molar refractivity (Wildman–Crippen MR) is 58.7 cm³/mol. The van der Waals surface area contributed by atoms with E-state index in [0.29, 0.717) is 12.3 Å². The number of likely N-dealkylation sites (tertiary alicyclic amines) is 1. The highest BCUT2D eigenvalue weighted by atomic mass is 16.3. The van der Waals surface area contributed by atoms with Crippen LogP contribution in [-0.2, 0) is 11.2 Å². The quantitative estimate of drug-likeness (QED) is 0.768. The van der Waals surface area contributed by atoms with Gasteiger partial charge < -0.3 is 10.0 Å². The Morgan fingerprint density at radius 3 is 2.88 bits per heavy atom. The number of hydrogen-bond acceptors (Lipinski definition) is 3. The van der Waals surface area contributed by atoms with Gasteiger partial charge in [0.25, 0.3) is 0 Å². The van der Waals surface area contributed by atoms with Gasteiger partial charge in [-0.25, -0.2) is 0 Å². The van der Waals surface area contributed by atoms with Crippen LogP contribution in [0.2, 0.25) is 0 Å². The topological polar surface area (TPSA) is 69.2 Å². The molecule has 1 amide bonds.